The number of aryl methyl sites for hydroxylation is 1. The van der Waals surface area contributed by atoms with Gasteiger partial charge in [-0.1, -0.05) is 25.6 Å². The highest BCUT2D eigenvalue weighted by Crippen LogP contribution is 2.24. The van der Waals surface area contributed by atoms with Gasteiger partial charge in [-0.3, -0.25) is 9.36 Å². The van der Waals surface area contributed by atoms with Gasteiger partial charge in [-0.25, -0.2) is 0 Å². The Bertz CT molecular complexity index is 694. The number of rotatable bonds is 10. The van der Waals surface area contributed by atoms with Gasteiger partial charge in [-0.2, -0.15) is 0 Å². The zero-order valence-electron chi connectivity index (χ0n) is 16.1. The first-order valence-electron chi connectivity index (χ1n) is 9.16. The minimum atomic E-state index is 0.151. The van der Waals surface area contributed by atoms with Crippen molar-refractivity contribution in [2.45, 2.75) is 45.7 Å². The Labute approximate surface area is 159 Å². The molecule has 0 unspecified atom stereocenters. The molecule has 0 spiro atoms. The number of hydrogen-bond donors (Lipinski definition) is 0. The Balaban J connectivity index is 2.10. The van der Waals surface area contributed by atoms with Crippen LogP contribution in [-0.4, -0.2) is 51.0 Å². The molecular formula is C19H28N4O2S. The zero-order chi connectivity index (χ0) is 18.9. The van der Waals surface area contributed by atoms with Crippen LogP contribution in [0, 0.1) is 6.92 Å². The summed E-state index contributed by atoms with van der Waals surface area (Å²) >= 11 is 1.43. The van der Waals surface area contributed by atoms with Crippen molar-refractivity contribution in [2.24, 2.45) is 0 Å². The van der Waals surface area contributed by atoms with Crippen molar-refractivity contribution in [3.05, 3.63) is 30.1 Å². The van der Waals surface area contributed by atoms with Crippen molar-refractivity contribution < 1.29 is 9.53 Å². The number of hydrogen-bond acceptors (Lipinski definition) is 5. The first-order chi connectivity index (χ1) is 12.6. The van der Waals surface area contributed by atoms with Crippen LogP contribution in [0.5, 0.6) is 5.75 Å². The van der Waals surface area contributed by atoms with Crippen molar-refractivity contribution in [2.75, 3.05) is 25.4 Å². The van der Waals surface area contributed by atoms with Crippen molar-refractivity contribution >= 4 is 17.7 Å². The van der Waals surface area contributed by atoms with Crippen LogP contribution in [0.15, 0.2) is 29.4 Å². The number of carbonyl (C=O) groups excluding carboxylic acids is 1. The van der Waals surface area contributed by atoms with E-state index in [9.17, 15) is 4.79 Å². The molecule has 0 N–H and O–H groups in total. The molecule has 0 aliphatic carbocycles. The molecule has 1 aromatic carbocycles. The third-order valence-electron chi connectivity index (χ3n) is 3.87. The van der Waals surface area contributed by atoms with Crippen LogP contribution < -0.4 is 4.74 Å². The van der Waals surface area contributed by atoms with Gasteiger partial charge in [0.2, 0.25) is 5.91 Å². The highest BCUT2D eigenvalue weighted by Gasteiger charge is 2.16. The monoisotopic (exact) mass is 376 g/mol. The molecule has 26 heavy (non-hydrogen) atoms. The third kappa shape index (κ3) is 5.24. The van der Waals surface area contributed by atoms with Crippen LogP contribution in [0.4, 0.5) is 0 Å². The van der Waals surface area contributed by atoms with Gasteiger partial charge in [-0.15, -0.1) is 10.2 Å². The van der Waals surface area contributed by atoms with E-state index in [1.54, 1.807) is 0 Å². The average Bonchev–Trinajstić information content (AvgIpc) is 3.01. The Morgan fingerprint density at radius 3 is 2.35 bits per heavy atom. The van der Waals surface area contributed by atoms with Crippen LogP contribution in [0.2, 0.25) is 0 Å². The average molecular weight is 377 g/mol. The van der Waals surface area contributed by atoms with Gasteiger partial charge < -0.3 is 9.64 Å². The van der Waals surface area contributed by atoms with Gasteiger partial charge in [0.25, 0.3) is 0 Å². The summed E-state index contributed by atoms with van der Waals surface area (Å²) in [5.74, 6) is 2.15. The summed E-state index contributed by atoms with van der Waals surface area (Å²) in [5, 5.41) is 9.16. The van der Waals surface area contributed by atoms with E-state index in [1.807, 2.05) is 47.6 Å². The molecule has 0 atom stereocenters. The molecule has 0 aliphatic rings. The molecule has 2 rings (SSSR count). The van der Waals surface area contributed by atoms with Gasteiger partial charge in [0.05, 0.1) is 12.4 Å². The Morgan fingerprint density at radius 2 is 1.77 bits per heavy atom. The van der Waals surface area contributed by atoms with E-state index < -0.39 is 0 Å². The Hall–Kier alpha value is -2.02. The fourth-order valence-electron chi connectivity index (χ4n) is 2.71. The lowest BCUT2D eigenvalue weighted by Gasteiger charge is -2.21. The van der Waals surface area contributed by atoms with Gasteiger partial charge in [-0.05, 0) is 51.0 Å². The molecule has 7 heteroatoms. The largest absolute Gasteiger partial charge is 0.494 e. The molecule has 2 aromatic rings. The lowest BCUT2D eigenvalue weighted by Crippen LogP contribution is -2.33. The summed E-state index contributed by atoms with van der Waals surface area (Å²) in [7, 11) is 0. The number of nitrogens with zero attached hydrogens (tertiary/aromatic N) is 4. The molecule has 1 amide bonds. The van der Waals surface area contributed by atoms with Crippen LogP contribution in [0.25, 0.3) is 5.69 Å². The van der Waals surface area contributed by atoms with Gasteiger partial charge in [0, 0.05) is 18.8 Å². The second-order valence-corrected chi connectivity index (χ2v) is 6.90. The zero-order valence-corrected chi connectivity index (χ0v) is 16.9. The van der Waals surface area contributed by atoms with E-state index in [-0.39, 0.29) is 5.91 Å². The first-order valence-corrected chi connectivity index (χ1v) is 10.1. The molecule has 1 aromatic heterocycles. The molecule has 6 nitrogen and oxygen atoms in total. The molecule has 0 fully saturated rings. The lowest BCUT2D eigenvalue weighted by molar-refractivity contribution is -0.128. The highest BCUT2D eigenvalue weighted by molar-refractivity contribution is 7.99. The van der Waals surface area contributed by atoms with Crippen molar-refractivity contribution in [1.29, 1.82) is 0 Å². The normalized spacial score (nSPS) is 10.8. The first kappa shape index (κ1) is 20.3. The summed E-state index contributed by atoms with van der Waals surface area (Å²) in [6.45, 7) is 10.3. The minimum Gasteiger partial charge on any atom is -0.494 e. The van der Waals surface area contributed by atoms with Crippen molar-refractivity contribution in [3.8, 4) is 11.4 Å². The number of thioether (sulfide) groups is 1. The number of carbonyl (C=O) groups is 1. The fraction of sp³-hybridized carbons (Fsp3) is 0.526. The standard InChI is InChI=1S/C19H28N4O2S/c1-5-12-22(13-6-2)18(24)14-26-19-21-20-15(4)23(19)16-8-10-17(11-9-16)25-7-3/h8-11H,5-7,12-14H2,1-4H3. The number of amides is 1. The van der Waals surface area contributed by atoms with E-state index in [1.165, 1.54) is 11.8 Å². The molecule has 0 radical (unpaired) electrons. The number of aromatic nitrogens is 3. The minimum absolute atomic E-state index is 0.151. The number of benzene rings is 1. The number of ether oxygens (including phenoxy) is 1. The predicted octanol–water partition coefficient (Wildman–Crippen LogP) is 3.72. The van der Waals surface area contributed by atoms with Gasteiger partial charge >= 0.3 is 0 Å². The summed E-state index contributed by atoms with van der Waals surface area (Å²) in [4.78, 5) is 14.4. The maximum atomic E-state index is 12.5. The van der Waals surface area contributed by atoms with Crippen molar-refractivity contribution in [3.63, 3.8) is 0 Å². The molecular weight excluding hydrogens is 348 g/mol. The summed E-state index contributed by atoms with van der Waals surface area (Å²) < 4.78 is 7.46. The molecule has 0 saturated heterocycles. The molecule has 142 valence electrons. The van der Waals surface area contributed by atoms with E-state index in [0.717, 1.165) is 48.3 Å². The summed E-state index contributed by atoms with van der Waals surface area (Å²) in [5.41, 5.74) is 0.963. The lowest BCUT2D eigenvalue weighted by atomic mass is 10.3. The van der Waals surface area contributed by atoms with Crippen molar-refractivity contribution in [1.82, 2.24) is 19.7 Å². The molecule has 0 bridgehead atoms. The van der Waals surface area contributed by atoms with Crippen LogP contribution in [-0.2, 0) is 4.79 Å². The Kier molecular flexibility index (Phi) is 7.97. The topological polar surface area (TPSA) is 60.2 Å². The summed E-state index contributed by atoms with van der Waals surface area (Å²) in [6.07, 6.45) is 1.94. The molecule has 0 aliphatic heterocycles. The third-order valence-corrected chi connectivity index (χ3v) is 4.78. The smallest absolute Gasteiger partial charge is 0.233 e. The molecule has 1 heterocycles. The van der Waals surface area contributed by atoms with Crippen LogP contribution >= 0.6 is 11.8 Å². The maximum absolute atomic E-state index is 12.5. The quantitative estimate of drug-likeness (QED) is 0.592. The second-order valence-electron chi connectivity index (χ2n) is 5.96. The van der Waals surface area contributed by atoms with E-state index in [4.69, 9.17) is 4.74 Å². The second kappa shape index (κ2) is 10.2. The van der Waals surface area contributed by atoms with Gasteiger partial charge in [0.15, 0.2) is 5.16 Å². The van der Waals surface area contributed by atoms with Crippen LogP contribution in [0.3, 0.4) is 0 Å². The fourth-order valence-corrected chi connectivity index (χ4v) is 3.61. The maximum Gasteiger partial charge on any atom is 0.233 e. The molecule has 0 saturated carbocycles. The van der Waals surface area contributed by atoms with Gasteiger partial charge in [0.1, 0.15) is 11.6 Å². The predicted molar refractivity (Wildman–Crippen MR) is 105 cm³/mol. The van der Waals surface area contributed by atoms with E-state index in [2.05, 4.69) is 24.0 Å². The van der Waals surface area contributed by atoms with E-state index in [0.29, 0.717) is 12.4 Å². The van der Waals surface area contributed by atoms with E-state index >= 15 is 0 Å². The summed E-state index contributed by atoms with van der Waals surface area (Å²) in [6, 6.07) is 7.83. The van der Waals surface area contributed by atoms with Crippen LogP contribution in [0.1, 0.15) is 39.4 Å². The SMILES string of the molecule is CCCN(CCC)C(=O)CSc1nnc(C)n1-c1ccc(OCC)cc1. The highest BCUT2D eigenvalue weighted by atomic mass is 32.2. The Morgan fingerprint density at radius 1 is 1.12 bits per heavy atom.